The first-order valence-electron chi connectivity index (χ1n) is 6.44. The van der Waals surface area contributed by atoms with Gasteiger partial charge in [0.15, 0.2) is 17.7 Å². The molecule has 6 heteroatoms. The zero-order valence-electron chi connectivity index (χ0n) is 10.9. The van der Waals surface area contributed by atoms with Crippen molar-refractivity contribution < 1.29 is 14.6 Å². The van der Waals surface area contributed by atoms with Crippen LogP contribution in [0.5, 0.6) is 5.75 Å². The van der Waals surface area contributed by atoms with Crippen molar-refractivity contribution in [3.05, 3.63) is 27.7 Å². The summed E-state index contributed by atoms with van der Waals surface area (Å²) < 4.78 is 7.20. The van der Waals surface area contributed by atoms with Crippen molar-refractivity contribution >= 4 is 5.91 Å². The highest BCUT2D eigenvalue weighted by atomic mass is 16.5. The second-order valence-corrected chi connectivity index (χ2v) is 5.04. The lowest BCUT2D eigenvalue weighted by molar-refractivity contribution is 0.00629. The molecule has 1 N–H and O–H groups in total. The van der Waals surface area contributed by atoms with Crippen LogP contribution in [0.4, 0.5) is 0 Å². The fraction of sp³-hybridized carbons (Fsp3) is 0.538. The number of hydrogen-bond donors (Lipinski definition) is 1. The summed E-state index contributed by atoms with van der Waals surface area (Å²) in [5, 5.41) is 10.0. The summed E-state index contributed by atoms with van der Waals surface area (Å²) in [4.78, 5) is 25.9. The molecule has 1 aromatic heterocycles. The number of carbonyl (C=O) groups is 1. The molecule has 1 saturated heterocycles. The van der Waals surface area contributed by atoms with Crippen molar-refractivity contribution in [1.29, 1.82) is 0 Å². The van der Waals surface area contributed by atoms with E-state index in [0.29, 0.717) is 25.1 Å². The van der Waals surface area contributed by atoms with E-state index in [0.717, 1.165) is 0 Å². The number of rotatable bonds is 1. The smallest absolute Gasteiger partial charge is 0.276 e. The molecule has 0 aromatic carbocycles. The molecule has 0 saturated carbocycles. The maximum atomic E-state index is 12.4. The van der Waals surface area contributed by atoms with E-state index in [1.807, 2.05) is 13.8 Å². The number of aromatic nitrogens is 1. The molecule has 0 aliphatic carbocycles. The Morgan fingerprint density at radius 2 is 2.21 bits per heavy atom. The molecule has 1 aromatic rings. The highest BCUT2D eigenvalue weighted by Crippen LogP contribution is 2.29. The van der Waals surface area contributed by atoms with Gasteiger partial charge in [-0.3, -0.25) is 9.59 Å². The van der Waals surface area contributed by atoms with Gasteiger partial charge in [0.05, 0.1) is 19.2 Å². The molecule has 6 nitrogen and oxygen atoms in total. The van der Waals surface area contributed by atoms with Gasteiger partial charge in [-0.15, -0.1) is 0 Å². The minimum atomic E-state index is -0.451. The van der Waals surface area contributed by atoms with Crippen molar-refractivity contribution in [2.24, 2.45) is 0 Å². The van der Waals surface area contributed by atoms with Crippen LogP contribution in [0.15, 0.2) is 11.0 Å². The molecule has 2 aliphatic heterocycles. The molecule has 0 radical (unpaired) electrons. The van der Waals surface area contributed by atoms with Crippen LogP contribution in [0.3, 0.4) is 0 Å². The Hall–Kier alpha value is -1.82. The fourth-order valence-electron chi connectivity index (χ4n) is 2.78. The molecular formula is C13H16N2O4. The van der Waals surface area contributed by atoms with Crippen LogP contribution >= 0.6 is 0 Å². The number of hydrogen-bond acceptors (Lipinski definition) is 4. The van der Waals surface area contributed by atoms with E-state index in [9.17, 15) is 14.7 Å². The third kappa shape index (κ3) is 1.59. The molecule has 19 heavy (non-hydrogen) atoms. The Morgan fingerprint density at radius 1 is 1.47 bits per heavy atom. The molecule has 0 spiro atoms. The number of ether oxygens (including phenoxy) is 1. The Kier molecular flexibility index (Phi) is 2.63. The zero-order chi connectivity index (χ0) is 13.7. The average molecular weight is 264 g/mol. The second-order valence-electron chi connectivity index (χ2n) is 5.04. The second kappa shape index (κ2) is 4.09. The van der Waals surface area contributed by atoms with Gasteiger partial charge in [-0.2, -0.15) is 0 Å². The summed E-state index contributed by atoms with van der Waals surface area (Å²) in [5.74, 6) is -0.777. The van der Waals surface area contributed by atoms with Crippen LogP contribution in [-0.4, -0.2) is 39.4 Å². The Bertz CT molecular complexity index is 607. The third-order valence-electron chi connectivity index (χ3n) is 3.82. The van der Waals surface area contributed by atoms with Crippen LogP contribution in [-0.2, 0) is 17.7 Å². The first kappa shape index (κ1) is 12.2. The Labute approximate surface area is 110 Å². The molecule has 0 unspecified atom stereocenters. The lowest BCUT2D eigenvalue weighted by Gasteiger charge is -2.33. The number of amides is 1. The normalized spacial score (nSPS) is 25.4. The maximum absolute atomic E-state index is 12.4. The molecule has 1 amide bonds. The van der Waals surface area contributed by atoms with Crippen molar-refractivity contribution in [2.45, 2.75) is 39.1 Å². The lowest BCUT2D eigenvalue weighted by atomic mass is 10.1. The van der Waals surface area contributed by atoms with Crippen molar-refractivity contribution in [1.82, 2.24) is 9.47 Å². The van der Waals surface area contributed by atoms with Gasteiger partial charge in [-0.05, 0) is 13.3 Å². The highest BCUT2D eigenvalue weighted by molar-refractivity contribution is 5.96. The van der Waals surface area contributed by atoms with Gasteiger partial charge in [0, 0.05) is 11.8 Å². The van der Waals surface area contributed by atoms with E-state index in [-0.39, 0.29) is 23.9 Å². The minimum Gasteiger partial charge on any atom is -0.503 e. The van der Waals surface area contributed by atoms with Gasteiger partial charge in [0.25, 0.3) is 5.91 Å². The van der Waals surface area contributed by atoms with Gasteiger partial charge in [0.2, 0.25) is 5.43 Å². The number of aryl methyl sites for hydroxylation is 1. The molecule has 3 heterocycles. The topological polar surface area (TPSA) is 71.8 Å². The van der Waals surface area contributed by atoms with E-state index in [4.69, 9.17) is 4.74 Å². The van der Waals surface area contributed by atoms with Crippen LogP contribution in [0.2, 0.25) is 0 Å². The molecule has 2 aliphatic rings. The first-order valence-corrected chi connectivity index (χ1v) is 6.44. The van der Waals surface area contributed by atoms with E-state index < -0.39 is 11.2 Å². The third-order valence-corrected chi connectivity index (χ3v) is 3.82. The van der Waals surface area contributed by atoms with Crippen LogP contribution < -0.4 is 5.43 Å². The van der Waals surface area contributed by atoms with Gasteiger partial charge in [-0.1, -0.05) is 6.92 Å². The monoisotopic (exact) mass is 264 g/mol. The minimum absolute atomic E-state index is 0.0356. The number of pyridine rings is 1. The van der Waals surface area contributed by atoms with Gasteiger partial charge < -0.3 is 19.3 Å². The van der Waals surface area contributed by atoms with E-state index in [2.05, 4.69) is 0 Å². The highest BCUT2D eigenvalue weighted by Gasteiger charge is 2.42. The summed E-state index contributed by atoms with van der Waals surface area (Å²) >= 11 is 0. The van der Waals surface area contributed by atoms with Crippen LogP contribution in [0.1, 0.15) is 29.9 Å². The van der Waals surface area contributed by atoms with Crippen molar-refractivity contribution in [3.8, 4) is 5.75 Å². The van der Waals surface area contributed by atoms with Crippen LogP contribution in [0, 0.1) is 0 Å². The Morgan fingerprint density at radius 3 is 2.89 bits per heavy atom. The summed E-state index contributed by atoms with van der Waals surface area (Å²) in [6.45, 7) is 4.67. The van der Waals surface area contributed by atoms with Crippen molar-refractivity contribution in [3.63, 3.8) is 0 Å². The quantitative estimate of drug-likeness (QED) is 0.792. The summed E-state index contributed by atoms with van der Waals surface area (Å²) in [7, 11) is 0. The molecule has 2 atom stereocenters. The van der Waals surface area contributed by atoms with Crippen molar-refractivity contribution in [2.75, 3.05) is 6.61 Å². The number of fused-ring (bicyclic) bond motifs is 2. The standard InChI is InChI=1S/C13H16N2O4/c1-3-8-4-14-5-9-15(7(2)6-19-9)13(18)10(14)12(17)11(8)16/h4,7,9,17H,3,5-6H2,1-2H3/t7-,9+/m0/s1. The number of nitrogens with zero attached hydrogens (tertiary/aromatic N) is 2. The van der Waals surface area contributed by atoms with Gasteiger partial charge in [0.1, 0.15) is 0 Å². The molecule has 102 valence electrons. The molecular weight excluding hydrogens is 248 g/mol. The number of carbonyl (C=O) groups excluding carboxylic acids is 1. The Balaban J connectivity index is 2.18. The van der Waals surface area contributed by atoms with Gasteiger partial charge >= 0.3 is 0 Å². The summed E-state index contributed by atoms with van der Waals surface area (Å²) in [6, 6.07) is -0.0356. The van der Waals surface area contributed by atoms with Crippen LogP contribution in [0.25, 0.3) is 0 Å². The first-order chi connectivity index (χ1) is 9.04. The largest absolute Gasteiger partial charge is 0.503 e. The van der Waals surface area contributed by atoms with Gasteiger partial charge in [-0.25, -0.2) is 0 Å². The predicted octanol–water partition coefficient (Wildman–Crippen LogP) is 0.317. The van der Waals surface area contributed by atoms with E-state index in [1.165, 1.54) is 0 Å². The van der Waals surface area contributed by atoms with E-state index >= 15 is 0 Å². The zero-order valence-corrected chi connectivity index (χ0v) is 10.9. The average Bonchev–Trinajstić information content (AvgIpc) is 2.75. The SMILES string of the molecule is CCc1cn2c(c(O)c1=O)C(=O)N1[C@@H](C)CO[C@@H]1C2. The summed E-state index contributed by atoms with van der Waals surface area (Å²) in [5.41, 5.74) is 0.137. The van der Waals surface area contributed by atoms with E-state index in [1.54, 1.807) is 15.7 Å². The summed E-state index contributed by atoms with van der Waals surface area (Å²) in [6.07, 6.45) is 1.87. The molecule has 1 fully saturated rings. The maximum Gasteiger partial charge on any atom is 0.276 e. The predicted molar refractivity (Wildman–Crippen MR) is 67.1 cm³/mol. The number of aromatic hydroxyl groups is 1. The molecule has 3 rings (SSSR count). The molecule has 0 bridgehead atoms. The lowest BCUT2D eigenvalue weighted by Crippen LogP contribution is -2.48. The fourth-order valence-corrected chi connectivity index (χ4v) is 2.78.